The summed E-state index contributed by atoms with van der Waals surface area (Å²) in [5.74, 6) is -1.10. The summed E-state index contributed by atoms with van der Waals surface area (Å²) in [5.41, 5.74) is 3.58. The maximum absolute atomic E-state index is 11.1. The Morgan fingerprint density at radius 3 is 2.27 bits per heavy atom. The van der Waals surface area contributed by atoms with Crippen LogP contribution in [0.4, 0.5) is 11.4 Å². The van der Waals surface area contributed by atoms with Crippen molar-refractivity contribution in [2.45, 2.75) is 41.0 Å². The molecule has 4 nitrogen and oxygen atoms in total. The highest BCUT2D eigenvalue weighted by molar-refractivity contribution is 5.71. The van der Waals surface area contributed by atoms with E-state index in [4.69, 9.17) is 5.11 Å². The second kappa shape index (κ2) is 8.66. The predicted octanol–water partition coefficient (Wildman–Crippen LogP) is 3.78. The van der Waals surface area contributed by atoms with E-state index in [1.165, 1.54) is 11.3 Å². The lowest BCUT2D eigenvalue weighted by molar-refractivity contribution is -0.140. The second-order valence-corrected chi connectivity index (χ2v) is 5.83. The molecule has 0 fully saturated rings. The third kappa shape index (κ3) is 4.65. The number of hydrogen-bond acceptors (Lipinski definition) is 3. The largest absolute Gasteiger partial charge is 0.481 e. The van der Waals surface area contributed by atoms with Crippen molar-refractivity contribution in [3.05, 3.63) is 23.8 Å². The molecular weight excluding hydrogens is 276 g/mol. The van der Waals surface area contributed by atoms with E-state index in [1.54, 1.807) is 6.92 Å². The lowest BCUT2D eigenvalue weighted by atomic mass is 10.1. The lowest BCUT2D eigenvalue weighted by Crippen LogP contribution is -2.33. The minimum absolute atomic E-state index is 0.367. The maximum Gasteiger partial charge on any atom is 0.308 e. The van der Waals surface area contributed by atoms with Crippen LogP contribution in [-0.2, 0) is 4.79 Å². The lowest BCUT2D eigenvalue weighted by Gasteiger charge is -2.29. The molecule has 124 valence electrons. The Kier molecular flexibility index (Phi) is 7.22. The molecule has 4 heteroatoms. The van der Waals surface area contributed by atoms with Crippen molar-refractivity contribution in [3.8, 4) is 0 Å². The van der Waals surface area contributed by atoms with Gasteiger partial charge in [0.05, 0.1) is 5.92 Å². The number of carbonyl (C=O) groups is 1. The third-order valence-corrected chi connectivity index (χ3v) is 4.06. The van der Waals surface area contributed by atoms with Crippen LogP contribution in [-0.4, -0.2) is 37.3 Å². The van der Waals surface area contributed by atoms with E-state index in [0.717, 1.165) is 31.7 Å². The van der Waals surface area contributed by atoms with Gasteiger partial charge in [-0.1, -0.05) is 13.8 Å². The predicted molar refractivity (Wildman–Crippen MR) is 94.0 cm³/mol. The highest BCUT2D eigenvalue weighted by atomic mass is 16.4. The zero-order chi connectivity index (χ0) is 16.7. The molecule has 22 heavy (non-hydrogen) atoms. The van der Waals surface area contributed by atoms with Gasteiger partial charge in [0.1, 0.15) is 0 Å². The Balaban J connectivity index is 3.02. The van der Waals surface area contributed by atoms with Crippen LogP contribution < -0.4 is 9.80 Å². The topological polar surface area (TPSA) is 43.8 Å². The summed E-state index contributed by atoms with van der Waals surface area (Å²) in [4.78, 5) is 15.7. The van der Waals surface area contributed by atoms with Gasteiger partial charge in [0.2, 0.25) is 0 Å². The van der Waals surface area contributed by atoms with E-state index in [-0.39, 0.29) is 5.92 Å². The van der Waals surface area contributed by atoms with Crippen LogP contribution in [0.5, 0.6) is 0 Å². The van der Waals surface area contributed by atoms with Gasteiger partial charge in [0.15, 0.2) is 0 Å². The molecule has 1 aromatic carbocycles. The molecule has 0 amide bonds. The minimum Gasteiger partial charge on any atom is -0.481 e. The molecule has 1 N–H and O–H groups in total. The van der Waals surface area contributed by atoms with Crippen molar-refractivity contribution in [2.24, 2.45) is 5.92 Å². The zero-order valence-electron chi connectivity index (χ0n) is 14.6. The number of hydrogen-bond donors (Lipinski definition) is 1. The molecule has 0 aliphatic carbocycles. The number of benzene rings is 1. The number of aryl methyl sites for hydroxylation is 1. The van der Waals surface area contributed by atoms with Crippen LogP contribution in [0.3, 0.4) is 0 Å². The average Bonchev–Trinajstić information content (AvgIpc) is 2.48. The summed E-state index contributed by atoms with van der Waals surface area (Å²) in [7, 11) is 0. The molecule has 1 aromatic rings. The standard InChI is InChI=1S/C18H30N2O2/c1-6-11-20(13-15(5)18(21)22)17-10-9-16(12-14(17)4)19(7-2)8-3/h9-10,12,15H,6-8,11,13H2,1-5H3,(H,21,22). The first-order valence-electron chi connectivity index (χ1n) is 8.27. The number of nitrogens with zero attached hydrogens (tertiary/aromatic N) is 2. The molecule has 0 spiro atoms. The van der Waals surface area contributed by atoms with Crippen LogP contribution in [0, 0.1) is 12.8 Å². The van der Waals surface area contributed by atoms with Crippen LogP contribution in [0.2, 0.25) is 0 Å². The van der Waals surface area contributed by atoms with Gasteiger partial charge in [-0.25, -0.2) is 0 Å². The van der Waals surface area contributed by atoms with E-state index in [2.05, 4.69) is 55.7 Å². The summed E-state index contributed by atoms with van der Waals surface area (Å²) < 4.78 is 0. The first-order valence-corrected chi connectivity index (χ1v) is 8.27. The first-order chi connectivity index (χ1) is 10.4. The van der Waals surface area contributed by atoms with Crippen LogP contribution in [0.15, 0.2) is 18.2 Å². The van der Waals surface area contributed by atoms with Gasteiger partial charge < -0.3 is 14.9 Å². The Morgan fingerprint density at radius 1 is 1.18 bits per heavy atom. The quantitative estimate of drug-likeness (QED) is 0.754. The number of anilines is 2. The van der Waals surface area contributed by atoms with E-state index in [0.29, 0.717) is 6.54 Å². The molecule has 0 aromatic heterocycles. The van der Waals surface area contributed by atoms with Crippen molar-refractivity contribution in [1.29, 1.82) is 0 Å². The Labute approximate surface area is 134 Å². The van der Waals surface area contributed by atoms with Crippen LogP contribution in [0.1, 0.15) is 39.7 Å². The summed E-state index contributed by atoms with van der Waals surface area (Å²) >= 11 is 0. The maximum atomic E-state index is 11.1. The Morgan fingerprint density at radius 2 is 1.82 bits per heavy atom. The van der Waals surface area contributed by atoms with Gasteiger partial charge >= 0.3 is 5.97 Å². The van der Waals surface area contributed by atoms with Gasteiger partial charge in [0, 0.05) is 37.6 Å². The summed E-state index contributed by atoms with van der Waals surface area (Å²) in [5, 5.41) is 9.16. The van der Waals surface area contributed by atoms with Gasteiger partial charge in [-0.2, -0.15) is 0 Å². The third-order valence-electron chi connectivity index (χ3n) is 4.06. The smallest absolute Gasteiger partial charge is 0.308 e. The molecule has 1 rings (SSSR count). The second-order valence-electron chi connectivity index (χ2n) is 5.83. The van der Waals surface area contributed by atoms with E-state index < -0.39 is 5.97 Å². The fraction of sp³-hybridized carbons (Fsp3) is 0.611. The van der Waals surface area contributed by atoms with Crippen molar-refractivity contribution in [2.75, 3.05) is 36.0 Å². The highest BCUT2D eigenvalue weighted by Crippen LogP contribution is 2.26. The Hall–Kier alpha value is -1.71. The highest BCUT2D eigenvalue weighted by Gasteiger charge is 2.18. The molecule has 0 aliphatic heterocycles. The van der Waals surface area contributed by atoms with Gasteiger partial charge in [-0.15, -0.1) is 0 Å². The Bertz CT molecular complexity index is 484. The van der Waals surface area contributed by atoms with Crippen LogP contribution in [0.25, 0.3) is 0 Å². The number of rotatable bonds is 9. The van der Waals surface area contributed by atoms with Crippen molar-refractivity contribution >= 4 is 17.3 Å². The average molecular weight is 306 g/mol. The summed E-state index contributed by atoms with van der Waals surface area (Å²) in [6, 6.07) is 6.48. The molecular formula is C18H30N2O2. The molecule has 0 saturated carbocycles. The van der Waals surface area contributed by atoms with E-state index >= 15 is 0 Å². The molecule has 1 atom stereocenters. The first kappa shape index (κ1) is 18.3. The molecule has 1 unspecified atom stereocenters. The molecule has 0 bridgehead atoms. The van der Waals surface area contributed by atoms with Gasteiger partial charge in [-0.05, 0) is 51.0 Å². The fourth-order valence-electron chi connectivity index (χ4n) is 2.77. The normalized spacial score (nSPS) is 12.0. The van der Waals surface area contributed by atoms with Crippen molar-refractivity contribution in [1.82, 2.24) is 0 Å². The summed E-state index contributed by atoms with van der Waals surface area (Å²) in [6.45, 7) is 13.7. The number of carboxylic acid groups (broad SMARTS) is 1. The van der Waals surface area contributed by atoms with Gasteiger partial charge in [0.25, 0.3) is 0 Å². The van der Waals surface area contributed by atoms with Crippen molar-refractivity contribution < 1.29 is 9.90 Å². The number of carboxylic acids is 1. The monoisotopic (exact) mass is 306 g/mol. The summed E-state index contributed by atoms with van der Waals surface area (Å²) in [6.07, 6.45) is 1.00. The van der Waals surface area contributed by atoms with Gasteiger partial charge in [-0.3, -0.25) is 4.79 Å². The zero-order valence-corrected chi connectivity index (χ0v) is 14.6. The van der Waals surface area contributed by atoms with Crippen LogP contribution >= 0.6 is 0 Å². The molecule has 0 heterocycles. The molecule has 0 radical (unpaired) electrons. The molecule has 0 aliphatic rings. The SMILES string of the molecule is CCCN(CC(C)C(=O)O)c1ccc(N(CC)CC)cc1C. The number of aliphatic carboxylic acids is 1. The minimum atomic E-state index is -0.737. The van der Waals surface area contributed by atoms with Crippen molar-refractivity contribution in [3.63, 3.8) is 0 Å². The van der Waals surface area contributed by atoms with E-state index in [1.807, 2.05) is 0 Å². The van der Waals surface area contributed by atoms with E-state index in [9.17, 15) is 4.79 Å². The molecule has 0 saturated heterocycles. The fourth-order valence-corrected chi connectivity index (χ4v) is 2.77.